The van der Waals surface area contributed by atoms with Crippen LogP contribution in [-0.4, -0.2) is 59.5 Å². The van der Waals surface area contributed by atoms with Crippen LogP contribution in [0.5, 0.6) is 0 Å². The number of fused-ring (bicyclic) bond motifs is 5. The molecule has 262 valence electrons. The lowest BCUT2D eigenvalue weighted by Crippen LogP contribution is -2.58. The maximum absolute atomic E-state index is 13.6. The quantitative estimate of drug-likeness (QED) is 0.288. The molecule has 8 heteroatoms. The highest BCUT2D eigenvalue weighted by atomic mass is 16.5. The molecule has 1 aromatic carbocycles. The van der Waals surface area contributed by atoms with E-state index in [0.29, 0.717) is 37.8 Å². The van der Waals surface area contributed by atoms with Crippen LogP contribution in [0.15, 0.2) is 42.0 Å². The summed E-state index contributed by atoms with van der Waals surface area (Å²) in [5.74, 6) is 0.0535. The van der Waals surface area contributed by atoms with E-state index in [1.165, 1.54) is 11.1 Å². The van der Waals surface area contributed by atoms with Gasteiger partial charge in [0, 0.05) is 36.8 Å². The van der Waals surface area contributed by atoms with Crippen molar-refractivity contribution < 1.29 is 33.8 Å². The molecule has 8 nitrogen and oxygen atoms in total. The lowest BCUT2D eigenvalue weighted by atomic mass is 9.46. The smallest absolute Gasteiger partial charge is 0.306 e. The average molecular weight is 662 g/mol. The lowest BCUT2D eigenvalue weighted by Gasteiger charge is -2.58. The zero-order chi connectivity index (χ0) is 34.4. The number of Topliss-reactive ketones (excluding diaryl/α,β-unsaturated/α-hetero) is 1. The van der Waals surface area contributed by atoms with Gasteiger partial charge in [-0.1, -0.05) is 49.8 Å². The summed E-state index contributed by atoms with van der Waals surface area (Å²) < 4.78 is 11.4. The monoisotopic (exact) mass is 661 g/mol. The molecular weight excluding hydrogens is 606 g/mol. The highest BCUT2D eigenvalue weighted by Gasteiger charge is 2.66. The third kappa shape index (κ3) is 6.32. The SMILES string of the molecule is CC1(C)CC(CCNC(=O)CCC(=O)OCC(=O)[C@@]2(O)CCC3C4CCC5=CC(=O)CC[C@]5(C)C4CC[C@@]32C)(c2ccccc2)CCO1. The number of ether oxygens (including phenoxy) is 2. The van der Waals surface area contributed by atoms with Gasteiger partial charge in [-0.3, -0.25) is 19.2 Å². The number of rotatable bonds is 10. The van der Waals surface area contributed by atoms with Gasteiger partial charge in [0.1, 0.15) is 5.60 Å². The Morgan fingerprint density at radius 1 is 0.938 bits per heavy atom. The van der Waals surface area contributed by atoms with Crippen molar-refractivity contribution in [3.63, 3.8) is 0 Å². The number of aliphatic hydroxyl groups is 1. The molecular formula is C40H55NO7. The molecule has 0 radical (unpaired) electrons. The molecule has 48 heavy (non-hydrogen) atoms. The van der Waals surface area contributed by atoms with E-state index in [4.69, 9.17) is 9.47 Å². The molecule has 6 rings (SSSR count). The molecule has 7 atom stereocenters. The number of carbonyl (C=O) groups is 4. The number of amides is 1. The minimum atomic E-state index is -1.53. The Labute approximate surface area is 285 Å². The second-order valence-electron chi connectivity index (χ2n) is 16.7. The van der Waals surface area contributed by atoms with Crippen LogP contribution in [0.2, 0.25) is 0 Å². The van der Waals surface area contributed by atoms with Crippen molar-refractivity contribution in [3.8, 4) is 0 Å². The Hall–Kier alpha value is -2.84. The van der Waals surface area contributed by atoms with Crippen molar-refractivity contribution in [2.45, 2.75) is 128 Å². The number of allylic oxidation sites excluding steroid dienone is 1. The standard InChI is InChI=1S/C40H55NO7/c1-36(2)26-39(21-23-48-36,27-8-6-5-7-9-27)20-22-41-34(44)12-13-35(45)47-25-33(43)40(46)19-16-32-30-11-10-28-24-29(42)14-17-37(28,3)31(30)15-18-38(32,40)4/h5-9,24,30-32,46H,10-23,25-26H2,1-4H3,(H,41,44)/t30?,31?,32?,37-,38-,39?,40-/m0/s1. The molecule has 3 saturated carbocycles. The Morgan fingerprint density at radius 2 is 1.69 bits per heavy atom. The number of hydrogen-bond donors (Lipinski definition) is 2. The molecule has 1 saturated heterocycles. The molecule has 5 aliphatic rings. The van der Waals surface area contributed by atoms with Crippen molar-refractivity contribution in [1.82, 2.24) is 5.32 Å². The summed E-state index contributed by atoms with van der Waals surface area (Å²) in [6.07, 6.45) is 10.5. The molecule has 0 bridgehead atoms. The summed E-state index contributed by atoms with van der Waals surface area (Å²) in [6, 6.07) is 10.4. The fourth-order valence-corrected chi connectivity index (χ4v) is 11.0. The third-order valence-electron chi connectivity index (χ3n) is 13.6. The Morgan fingerprint density at radius 3 is 2.44 bits per heavy atom. The number of ketones is 2. The normalized spacial score (nSPS) is 37.0. The topological polar surface area (TPSA) is 119 Å². The number of carbonyl (C=O) groups excluding carboxylic acids is 4. The summed E-state index contributed by atoms with van der Waals surface area (Å²) >= 11 is 0. The Bertz CT molecular complexity index is 1450. The highest BCUT2D eigenvalue weighted by molar-refractivity contribution is 5.92. The van der Waals surface area contributed by atoms with Gasteiger partial charge in [-0.25, -0.2) is 0 Å². The van der Waals surface area contributed by atoms with Crippen molar-refractivity contribution in [2.75, 3.05) is 19.8 Å². The first-order valence-electron chi connectivity index (χ1n) is 18.3. The van der Waals surface area contributed by atoms with Crippen LogP contribution in [-0.2, 0) is 34.1 Å². The van der Waals surface area contributed by atoms with E-state index in [9.17, 15) is 24.3 Å². The zero-order valence-corrected chi connectivity index (χ0v) is 29.4. The number of benzene rings is 1. The lowest BCUT2D eigenvalue weighted by molar-refractivity contribution is -0.170. The number of hydrogen-bond acceptors (Lipinski definition) is 7. The van der Waals surface area contributed by atoms with Crippen LogP contribution < -0.4 is 5.32 Å². The molecule has 0 aromatic heterocycles. The molecule has 1 amide bonds. The van der Waals surface area contributed by atoms with Crippen LogP contribution in [0.25, 0.3) is 0 Å². The first kappa shape index (κ1) is 35.0. The van der Waals surface area contributed by atoms with E-state index in [-0.39, 0.29) is 46.9 Å². The van der Waals surface area contributed by atoms with Crippen LogP contribution >= 0.6 is 0 Å². The van der Waals surface area contributed by atoms with Gasteiger partial charge in [-0.15, -0.1) is 0 Å². The second kappa shape index (κ2) is 13.1. The summed E-state index contributed by atoms with van der Waals surface area (Å²) in [7, 11) is 0. The van der Waals surface area contributed by atoms with Gasteiger partial charge in [0.15, 0.2) is 12.4 Å². The van der Waals surface area contributed by atoms with Gasteiger partial charge in [-0.2, -0.15) is 0 Å². The average Bonchev–Trinajstić information content (AvgIpc) is 3.34. The summed E-state index contributed by atoms with van der Waals surface area (Å²) in [5, 5.41) is 14.9. The molecule has 1 aromatic rings. The van der Waals surface area contributed by atoms with E-state index >= 15 is 0 Å². The molecule has 1 aliphatic heterocycles. The van der Waals surface area contributed by atoms with Crippen LogP contribution in [0.3, 0.4) is 0 Å². The molecule has 2 N–H and O–H groups in total. The summed E-state index contributed by atoms with van der Waals surface area (Å²) in [4.78, 5) is 51.1. The molecule has 1 heterocycles. The van der Waals surface area contributed by atoms with Crippen LogP contribution in [0.1, 0.15) is 117 Å². The maximum Gasteiger partial charge on any atom is 0.306 e. The molecule has 0 spiro atoms. The summed E-state index contributed by atoms with van der Waals surface area (Å²) in [6.45, 7) is 9.28. The van der Waals surface area contributed by atoms with Gasteiger partial charge >= 0.3 is 5.97 Å². The van der Waals surface area contributed by atoms with Gasteiger partial charge < -0.3 is 19.9 Å². The first-order chi connectivity index (χ1) is 22.7. The molecule has 4 aliphatic carbocycles. The highest BCUT2D eigenvalue weighted by Crippen LogP contribution is 2.67. The number of nitrogens with one attached hydrogen (secondary N) is 1. The minimum absolute atomic E-state index is 0.0200. The molecule has 4 unspecified atom stereocenters. The van der Waals surface area contributed by atoms with Crippen LogP contribution in [0, 0.1) is 28.6 Å². The predicted octanol–water partition coefficient (Wildman–Crippen LogP) is 6.18. The van der Waals surface area contributed by atoms with Crippen molar-refractivity contribution in [2.24, 2.45) is 28.6 Å². The predicted molar refractivity (Wildman–Crippen MR) is 182 cm³/mol. The van der Waals surface area contributed by atoms with E-state index in [0.717, 1.165) is 57.8 Å². The molecule has 4 fully saturated rings. The Balaban J connectivity index is 0.981. The van der Waals surface area contributed by atoms with Gasteiger partial charge in [0.05, 0.1) is 12.0 Å². The minimum Gasteiger partial charge on any atom is -0.458 e. The van der Waals surface area contributed by atoms with Crippen molar-refractivity contribution in [1.29, 1.82) is 0 Å². The van der Waals surface area contributed by atoms with Gasteiger partial charge in [-0.05, 0) is 113 Å². The van der Waals surface area contributed by atoms with E-state index in [1.807, 2.05) is 24.3 Å². The fourth-order valence-electron chi connectivity index (χ4n) is 11.0. The van der Waals surface area contributed by atoms with E-state index in [2.05, 4.69) is 45.1 Å². The fraction of sp³-hybridized carbons (Fsp3) is 0.700. The van der Waals surface area contributed by atoms with Crippen LogP contribution in [0.4, 0.5) is 0 Å². The third-order valence-corrected chi connectivity index (χ3v) is 13.6. The summed E-state index contributed by atoms with van der Waals surface area (Å²) in [5.41, 5.74) is 0.112. The van der Waals surface area contributed by atoms with E-state index in [1.54, 1.807) is 0 Å². The maximum atomic E-state index is 13.6. The number of esters is 1. The van der Waals surface area contributed by atoms with Crippen molar-refractivity contribution in [3.05, 3.63) is 47.5 Å². The van der Waals surface area contributed by atoms with Gasteiger partial charge in [0.2, 0.25) is 11.7 Å². The first-order valence-corrected chi connectivity index (χ1v) is 18.3. The van der Waals surface area contributed by atoms with Crippen molar-refractivity contribution >= 4 is 23.4 Å². The van der Waals surface area contributed by atoms with E-state index < -0.39 is 29.4 Å². The second-order valence-corrected chi connectivity index (χ2v) is 16.7. The largest absolute Gasteiger partial charge is 0.458 e. The van der Waals surface area contributed by atoms with Gasteiger partial charge in [0.25, 0.3) is 0 Å². The zero-order valence-electron chi connectivity index (χ0n) is 29.4. The Kier molecular flexibility index (Phi) is 9.57.